The van der Waals surface area contributed by atoms with E-state index >= 15 is 0 Å². The lowest BCUT2D eigenvalue weighted by atomic mass is 10.2. The molecule has 5 heterocycles. The zero-order chi connectivity index (χ0) is 24.2. The Balaban J connectivity index is 1.65. The molecule has 7 nitrogen and oxygen atoms in total. The van der Waals surface area contributed by atoms with Gasteiger partial charge in [-0.15, -0.1) is 0 Å². The van der Waals surface area contributed by atoms with Crippen molar-refractivity contribution in [3.8, 4) is 22.9 Å². The van der Waals surface area contributed by atoms with Crippen LogP contribution in [-0.4, -0.2) is 38.3 Å². The summed E-state index contributed by atoms with van der Waals surface area (Å²) in [5.41, 5.74) is 9.17. The summed E-state index contributed by atoms with van der Waals surface area (Å²) in [6.07, 6.45) is 3.61. The second kappa shape index (κ2) is 7.81. The van der Waals surface area contributed by atoms with Gasteiger partial charge in [-0.05, 0) is 54.6 Å². The molecule has 0 aliphatic heterocycles. The molecule has 0 saturated carbocycles. The molecule has 0 N–H and O–H groups in total. The molecule has 5 aromatic heterocycles. The maximum Gasteiger partial charge on any atom is 0.120 e. The summed E-state index contributed by atoms with van der Waals surface area (Å²) in [6, 6.07) is 26.3. The smallest absolute Gasteiger partial charge is 0.120 e. The van der Waals surface area contributed by atoms with E-state index in [1.165, 1.54) is 0 Å². The van der Waals surface area contributed by atoms with Gasteiger partial charge in [0.05, 0.1) is 36.3 Å². The van der Waals surface area contributed by atoms with Gasteiger partial charge in [0.1, 0.15) is 33.6 Å². The molecule has 0 atom stereocenters. The van der Waals surface area contributed by atoms with Crippen LogP contribution in [-0.2, 0) is 0 Å². The molecule has 7 heteroatoms. The minimum absolute atomic E-state index is 0.787. The van der Waals surface area contributed by atoms with E-state index in [4.69, 9.17) is 24.4 Å². The molecule has 0 bridgehead atoms. The average molecular weight is 472 g/mol. The molecule has 2 aromatic carbocycles. The van der Waals surface area contributed by atoms with Crippen LogP contribution in [0, 0.1) is 0 Å². The molecule has 0 aliphatic carbocycles. The minimum Gasteiger partial charge on any atom is -0.497 e. The number of nitrogens with zero attached hydrogens (tertiary/aromatic N) is 5. The second-order valence-corrected chi connectivity index (χ2v) is 8.54. The van der Waals surface area contributed by atoms with E-state index in [0.717, 1.165) is 67.0 Å². The molecule has 0 aliphatic rings. The fourth-order valence-electron chi connectivity index (χ4n) is 5.02. The standard InChI is InChI=1S/C29H21N5O2/c1-35-20-9-3-7-18(15-20)33-22-11-5-13-30-26(22)28-24(33)17-25-29(32-28)27-23(12-6-14-31-27)34(25)19-8-4-10-21(16-19)36-2/h3-17H,1-2H3. The highest BCUT2D eigenvalue weighted by Crippen LogP contribution is 2.37. The Labute approximate surface area is 206 Å². The van der Waals surface area contributed by atoms with Gasteiger partial charge in [-0.3, -0.25) is 9.97 Å². The summed E-state index contributed by atoms with van der Waals surface area (Å²) >= 11 is 0. The lowest BCUT2D eigenvalue weighted by Crippen LogP contribution is -1.97. The third kappa shape index (κ3) is 2.89. The number of rotatable bonds is 4. The first-order valence-electron chi connectivity index (χ1n) is 11.6. The SMILES string of the molecule is COc1cccc(-n2c3cccnc3c3nc4c5ncccc5n(-c5cccc(OC)c5)c4cc32)c1. The van der Waals surface area contributed by atoms with Gasteiger partial charge >= 0.3 is 0 Å². The van der Waals surface area contributed by atoms with E-state index in [9.17, 15) is 0 Å². The molecule has 36 heavy (non-hydrogen) atoms. The largest absolute Gasteiger partial charge is 0.497 e. The second-order valence-electron chi connectivity index (χ2n) is 8.54. The summed E-state index contributed by atoms with van der Waals surface area (Å²) < 4.78 is 15.4. The van der Waals surface area contributed by atoms with E-state index in [2.05, 4.69) is 39.5 Å². The molecule has 0 saturated heterocycles. The number of benzene rings is 2. The summed E-state index contributed by atoms with van der Waals surface area (Å²) in [4.78, 5) is 14.6. The Hall–Kier alpha value is -4.91. The summed E-state index contributed by atoms with van der Waals surface area (Å²) in [5.74, 6) is 1.57. The van der Waals surface area contributed by atoms with E-state index in [1.807, 2.05) is 48.5 Å². The Morgan fingerprint density at radius 3 is 1.50 bits per heavy atom. The van der Waals surface area contributed by atoms with Crippen LogP contribution < -0.4 is 9.47 Å². The minimum atomic E-state index is 0.787. The summed E-state index contributed by atoms with van der Waals surface area (Å²) in [7, 11) is 3.36. The molecule has 7 aromatic rings. The van der Waals surface area contributed by atoms with Crippen molar-refractivity contribution in [2.24, 2.45) is 0 Å². The van der Waals surface area contributed by atoms with E-state index < -0.39 is 0 Å². The number of methoxy groups -OCH3 is 2. The predicted octanol–water partition coefficient (Wildman–Crippen LogP) is 6.08. The average Bonchev–Trinajstić information content (AvgIpc) is 3.44. The molecular formula is C29H21N5O2. The first-order chi connectivity index (χ1) is 17.8. The number of hydrogen-bond acceptors (Lipinski definition) is 5. The maximum absolute atomic E-state index is 5.52. The van der Waals surface area contributed by atoms with Crippen LogP contribution in [0.1, 0.15) is 0 Å². The highest BCUT2D eigenvalue weighted by Gasteiger charge is 2.21. The number of fused-ring (bicyclic) bond motifs is 6. The fraction of sp³-hybridized carbons (Fsp3) is 0.0690. The summed E-state index contributed by atoms with van der Waals surface area (Å²) in [5, 5.41) is 0. The van der Waals surface area contributed by atoms with Crippen LogP contribution in [0.25, 0.3) is 55.5 Å². The molecule has 0 amide bonds. The quantitative estimate of drug-likeness (QED) is 0.311. The predicted molar refractivity (Wildman–Crippen MR) is 142 cm³/mol. The van der Waals surface area contributed by atoms with Crippen molar-refractivity contribution < 1.29 is 9.47 Å². The molecule has 0 fully saturated rings. The monoisotopic (exact) mass is 471 g/mol. The Kier molecular flexibility index (Phi) is 4.44. The van der Waals surface area contributed by atoms with Gasteiger partial charge in [-0.2, -0.15) is 0 Å². The van der Waals surface area contributed by atoms with Gasteiger partial charge in [-0.1, -0.05) is 12.1 Å². The van der Waals surface area contributed by atoms with E-state index in [-0.39, 0.29) is 0 Å². The van der Waals surface area contributed by atoms with Crippen LogP contribution in [0.3, 0.4) is 0 Å². The van der Waals surface area contributed by atoms with Crippen molar-refractivity contribution in [2.45, 2.75) is 0 Å². The van der Waals surface area contributed by atoms with Crippen molar-refractivity contribution >= 4 is 44.1 Å². The van der Waals surface area contributed by atoms with Crippen molar-refractivity contribution in [2.75, 3.05) is 14.2 Å². The van der Waals surface area contributed by atoms with Crippen molar-refractivity contribution in [3.63, 3.8) is 0 Å². The van der Waals surface area contributed by atoms with Crippen molar-refractivity contribution in [1.82, 2.24) is 24.1 Å². The maximum atomic E-state index is 5.52. The number of hydrogen-bond donors (Lipinski definition) is 0. The Bertz CT molecular complexity index is 1800. The Morgan fingerprint density at radius 2 is 1.03 bits per heavy atom. The van der Waals surface area contributed by atoms with Crippen molar-refractivity contribution in [3.05, 3.63) is 91.3 Å². The van der Waals surface area contributed by atoms with Gasteiger partial charge in [-0.25, -0.2) is 4.98 Å². The summed E-state index contributed by atoms with van der Waals surface area (Å²) in [6.45, 7) is 0. The highest BCUT2D eigenvalue weighted by molar-refractivity contribution is 6.13. The lowest BCUT2D eigenvalue weighted by Gasteiger charge is -2.11. The van der Waals surface area contributed by atoms with Crippen LogP contribution in [0.15, 0.2) is 91.3 Å². The van der Waals surface area contributed by atoms with Crippen molar-refractivity contribution in [1.29, 1.82) is 0 Å². The van der Waals surface area contributed by atoms with Crippen LogP contribution in [0.5, 0.6) is 11.5 Å². The van der Waals surface area contributed by atoms with Gasteiger partial charge in [0, 0.05) is 35.9 Å². The fourth-order valence-corrected chi connectivity index (χ4v) is 5.02. The van der Waals surface area contributed by atoms with Gasteiger partial charge in [0.2, 0.25) is 0 Å². The third-order valence-electron chi connectivity index (χ3n) is 6.59. The zero-order valence-electron chi connectivity index (χ0n) is 19.7. The highest BCUT2D eigenvalue weighted by atomic mass is 16.5. The first kappa shape index (κ1) is 20.5. The number of pyridine rings is 3. The zero-order valence-corrected chi connectivity index (χ0v) is 19.7. The first-order valence-corrected chi connectivity index (χ1v) is 11.6. The van der Waals surface area contributed by atoms with Crippen LogP contribution in [0.4, 0.5) is 0 Å². The molecule has 0 unspecified atom stereocenters. The van der Waals surface area contributed by atoms with Gasteiger partial charge < -0.3 is 18.6 Å². The number of aromatic nitrogens is 5. The molecule has 0 spiro atoms. The van der Waals surface area contributed by atoms with E-state index in [0.29, 0.717) is 0 Å². The van der Waals surface area contributed by atoms with E-state index in [1.54, 1.807) is 26.6 Å². The topological polar surface area (TPSA) is 67.0 Å². The number of ether oxygens (including phenoxy) is 2. The lowest BCUT2D eigenvalue weighted by molar-refractivity contribution is 0.414. The normalized spacial score (nSPS) is 11.6. The van der Waals surface area contributed by atoms with Crippen LogP contribution in [0.2, 0.25) is 0 Å². The van der Waals surface area contributed by atoms with Gasteiger partial charge in [0.25, 0.3) is 0 Å². The Morgan fingerprint density at radius 1 is 0.528 bits per heavy atom. The third-order valence-corrected chi connectivity index (χ3v) is 6.59. The molecule has 174 valence electrons. The van der Waals surface area contributed by atoms with Crippen LogP contribution >= 0.6 is 0 Å². The van der Waals surface area contributed by atoms with Gasteiger partial charge in [0.15, 0.2) is 0 Å². The molecular weight excluding hydrogens is 450 g/mol. The molecule has 0 radical (unpaired) electrons. The molecule has 7 rings (SSSR count).